The van der Waals surface area contributed by atoms with E-state index in [2.05, 4.69) is 10.3 Å². The number of hydrogen-bond donors (Lipinski definition) is 3. The topological polar surface area (TPSA) is 83.8 Å². The van der Waals surface area contributed by atoms with Crippen molar-refractivity contribution in [1.82, 2.24) is 15.3 Å². The highest BCUT2D eigenvalue weighted by Crippen LogP contribution is 2.41. The third kappa shape index (κ3) is 2.12. The van der Waals surface area contributed by atoms with E-state index in [0.717, 1.165) is 36.6 Å². The Kier molecular flexibility index (Phi) is 2.79. The Hall–Kier alpha value is -1.88. The summed E-state index contributed by atoms with van der Waals surface area (Å²) in [5, 5.41) is 3.71. The molecule has 1 aromatic carbocycles. The standard InChI is InChI=1S/C16H20N4O/c17-14(21)11-3-1-4-12-13(11)20-15(19-12)16(7-2-8-16)18-9-10-5-6-10/h1,3-4,10,18H,2,5-9H2,(H2,17,21)(H,19,20). The SMILES string of the molecule is NC(=O)c1cccc2[nH]c(C3(NCC4CC4)CCC3)nc12. The number of para-hydroxylation sites is 1. The molecule has 2 aromatic rings. The first kappa shape index (κ1) is 12.8. The van der Waals surface area contributed by atoms with Crippen LogP contribution in [0, 0.1) is 5.92 Å². The number of benzene rings is 1. The summed E-state index contributed by atoms with van der Waals surface area (Å²) in [6.07, 6.45) is 6.11. The monoisotopic (exact) mass is 284 g/mol. The van der Waals surface area contributed by atoms with Crippen molar-refractivity contribution in [3.05, 3.63) is 29.6 Å². The van der Waals surface area contributed by atoms with Crippen molar-refractivity contribution in [3.63, 3.8) is 0 Å². The van der Waals surface area contributed by atoms with E-state index in [9.17, 15) is 4.79 Å². The van der Waals surface area contributed by atoms with E-state index >= 15 is 0 Å². The Bertz CT molecular complexity index is 697. The zero-order chi connectivity index (χ0) is 14.4. The highest BCUT2D eigenvalue weighted by molar-refractivity contribution is 6.04. The van der Waals surface area contributed by atoms with Crippen LogP contribution in [0.3, 0.4) is 0 Å². The molecule has 1 amide bonds. The van der Waals surface area contributed by atoms with Gasteiger partial charge in [0.1, 0.15) is 11.3 Å². The van der Waals surface area contributed by atoms with Crippen LogP contribution >= 0.6 is 0 Å². The van der Waals surface area contributed by atoms with Gasteiger partial charge in [0.05, 0.1) is 16.6 Å². The molecule has 5 heteroatoms. The number of carbonyl (C=O) groups excluding carboxylic acids is 1. The number of aromatic nitrogens is 2. The summed E-state index contributed by atoms with van der Waals surface area (Å²) in [6.45, 7) is 1.07. The van der Waals surface area contributed by atoms with Gasteiger partial charge in [-0.15, -0.1) is 0 Å². The van der Waals surface area contributed by atoms with Gasteiger partial charge >= 0.3 is 0 Å². The maximum atomic E-state index is 11.5. The Balaban J connectivity index is 1.71. The lowest BCUT2D eigenvalue weighted by atomic mass is 9.76. The second kappa shape index (κ2) is 4.56. The van der Waals surface area contributed by atoms with E-state index in [0.29, 0.717) is 11.1 Å². The largest absolute Gasteiger partial charge is 0.366 e. The molecule has 0 atom stereocenters. The molecule has 0 spiro atoms. The van der Waals surface area contributed by atoms with E-state index in [4.69, 9.17) is 10.7 Å². The predicted molar refractivity (Wildman–Crippen MR) is 80.9 cm³/mol. The molecule has 1 heterocycles. The number of imidazole rings is 1. The quantitative estimate of drug-likeness (QED) is 0.785. The number of nitrogens with two attached hydrogens (primary N) is 1. The minimum Gasteiger partial charge on any atom is -0.366 e. The first-order chi connectivity index (χ1) is 10.2. The van der Waals surface area contributed by atoms with Crippen molar-refractivity contribution in [2.24, 2.45) is 11.7 Å². The van der Waals surface area contributed by atoms with Crippen molar-refractivity contribution in [2.45, 2.75) is 37.6 Å². The molecule has 1 aromatic heterocycles. The summed E-state index contributed by atoms with van der Waals surface area (Å²) in [7, 11) is 0. The summed E-state index contributed by atoms with van der Waals surface area (Å²) in [4.78, 5) is 19.6. The van der Waals surface area contributed by atoms with Crippen LogP contribution in [0.4, 0.5) is 0 Å². The number of aromatic amines is 1. The Morgan fingerprint density at radius 3 is 2.86 bits per heavy atom. The Labute approximate surface area is 123 Å². The fourth-order valence-electron chi connectivity index (χ4n) is 3.15. The fourth-order valence-corrected chi connectivity index (χ4v) is 3.15. The number of H-pyrrole nitrogens is 1. The smallest absolute Gasteiger partial charge is 0.250 e. The average Bonchev–Trinajstić information content (AvgIpc) is 3.14. The lowest BCUT2D eigenvalue weighted by Crippen LogP contribution is -2.49. The molecular weight excluding hydrogens is 264 g/mol. The first-order valence-electron chi connectivity index (χ1n) is 7.72. The predicted octanol–water partition coefficient (Wildman–Crippen LogP) is 2.04. The lowest BCUT2D eigenvalue weighted by molar-refractivity contribution is 0.100. The number of fused-ring (bicyclic) bond motifs is 1. The second-order valence-electron chi connectivity index (χ2n) is 6.41. The van der Waals surface area contributed by atoms with Gasteiger partial charge < -0.3 is 16.0 Å². The number of hydrogen-bond acceptors (Lipinski definition) is 3. The van der Waals surface area contributed by atoms with Crippen LogP contribution in [-0.4, -0.2) is 22.4 Å². The van der Waals surface area contributed by atoms with Gasteiger partial charge in [-0.2, -0.15) is 0 Å². The number of rotatable bonds is 5. The Morgan fingerprint density at radius 2 is 2.24 bits per heavy atom. The lowest BCUT2D eigenvalue weighted by Gasteiger charge is -2.41. The third-order valence-electron chi connectivity index (χ3n) is 4.86. The molecule has 21 heavy (non-hydrogen) atoms. The number of nitrogens with zero attached hydrogens (tertiary/aromatic N) is 1. The van der Waals surface area contributed by atoms with Crippen LogP contribution < -0.4 is 11.1 Å². The van der Waals surface area contributed by atoms with E-state index in [-0.39, 0.29) is 5.54 Å². The van der Waals surface area contributed by atoms with Crippen LogP contribution in [-0.2, 0) is 5.54 Å². The molecule has 0 radical (unpaired) electrons. The second-order valence-corrected chi connectivity index (χ2v) is 6.41. The van der Waals surface area contributed by atoms with Gasteiger partial charge in [-0.25, -0.2) is 4.98 Å². The minimum atomic E-state index is -0.424. The van der Waals surface area contributed by atoms with E-state index in [1.165, 1.54) is 19.3 Å². The van der Waals surface area contributed by atoms with Gasteiger partial charge in [0.2, 0.25) is 0 Å². The van der Waals surface area contributed by atoms with Crippen LogP contribution in [0.1, 0.15) is 48.3 Å². The van der Waals surface area contributed by atoms with Crippen LogP contribution in [0.25, 0.3) is 11.0 Å². The van der Waals surface area contributed by atoms with Gasteiger partial charge in [0.15, 0.2) is 0 Å². The number of nitrogens with one attached hydrogen (secondary N) is 2. The highest BCUT2D eigenvalue weighted by Gasteiger charge is 2.42. The summed E-state index contributed by atoms with van der Waals surface area (Å²) in [6, 6.07) is 5.53. The fraction of sp³-hybridized carbons (Fsp3) is 0.500. The summed E-state index contributed by atoms with van der Waals surface area (Å²) < 4.78 is 0. The van der Waals surface area contributed by atoms with E-state index in [1.807, 2.05) is 12.1 Å². The molecule has 4 rings (SSSR count). The number of primary amides is 1. The van der Waals surface area contributed by atoms with Crippen molar-refractivity contribution < 1.29 is 4.79 Å². The van der Waals surface area contributed by atoms with Crippen LogP contribution in [0.15, 0.2) is 18.2 Å². The van der Waals surface area contributed by atoms with Crippen LogP contribution in [0.2, 0.25) is 0 Å². The molecular formula is C16H20N4O. The first-order valence-corrected chi connectivity index (χ1v) is 7.72. The molecule has 0 saturated heterocycles. The van der Waals surface area contributed by atoms with Crippen molar-refractivity contribution >= 4 is 16.9 Å². The van der Waals surface area contributed by atoms with Crippen LogP contribution in [0.5, 0.6) is 0 Å². The summed E-state index contributed by atoms with van der Waals surface area (Å²) in [5.41, 5.74) is 7.49. The molecule has 0 bridgehead atoms. The molecule has 2 aliphatic rings. The molecule has 4 N–H and O–H groups in total. The number of amides is 1. The zero-order valence-corrected chi connectivity index (χ0v) is 12.0. The summed E-state index contributed by atoms with van der Waals surface area (Å²) >= 11 is 0. The normalized spacial score (nSPS) is 20.4. The van der Waals surface area contributed by atoms with E-state index < -0.39 is 5.91 Å². The minimum absolute atomic E-state index is 0.0312. The van der Waals surface area contributed by atoms with Gasteiger partial charge in [0.25, 0.3) is 5.91 Å². The average molecular weight is 284 g/mol. The highest BCUT2D eigenvalue weighted by atomic mass is 16.1. The van der Waals surface area contributed by atoms with Crippen molar-refractivity contribution in [2.75, 3.05) is 6.54 Å². The third-order valence-corrected chi connectivity index (χ3v) is 4.86. The molecule has 0 unspecified atom stereocenters. The van der Waals surface area contributed by atoms with Gasteiger partial charge in [0, 0.05) is 0 Å². The molecule has 2 saturated carbocycles. The summed E-state index contributed by atoms with van der Waals surface area (Å²) in [5.74, 6) is 1.37. The van der Waals surface area contributed by atoms with E-state index in [1.54, 1.807) is 6.07 Å². The molecule has 5 nitrogen and oxygen atoms in total. The van der Waals surface area contributed by atoms with Gasteiger partial charge in [-0.1, -0.05) is 6.07 Å². The van der Waals surface area contributed by atoms with Crippen molar-refractivity contribution in [3.8, 4) is 0 Å². The molecule has 2 aliphatic carbocycles. The molecule has 2 fully saturated rings. The molecule has 0 aliphatic heterocycles. The van der Waals surface area contributed by atoms with Gasteiger partial charge in [-0.3, -0.25) is 4.79 Å². The maximum absolute atomic E-state index is 11.5. The molecule has 110 valence electrons. The number of carbonyl (C=O) groups is 1. The van der Waals surface area contributed by atoms with Crippen molar-refractivity contribution in [1.29, 1.82) is 0 Å². The maximum Gasteiger partial charge on any atom is 0.250 e. The van der Waals surface area contributed by atoms with Gasteiger partial charge in [-0.05, 0) is 56.7 Å². The Morgan fingerprint density at radius 1 is 1.43 bits per heavy atom. The zero-order valence-electron chi connectivity index (χ0n) is 12.0.